The van der Waals surface area contributed by atoms with Crippen LogP contribution >= 0.6 is 0 Å². The van der Waals surface area contributed by atoms with Gasteiger partial charge in [0.15, 0.2) is 0 Å². The lowest BCUT2D eigenvalue weighted by Crippen LogP contribution is -2.26. The van der Waals surface area contributed by atoms with E-state index in [-0.39, 0.29) is 11.9 Å². The van der Waals surface area contributed by atoms with Crippen molar-refractivity contribution in [3.05, 3.63) is 66.1 Å². The summed E-state index contributed by atoms with van der Waals surface area (Å²) in [7, 11) is 1.62. The number of ether oxygens (including phenoxy) is 1. The molecule has 0 radical (unpaired) electrons. The molecule has 26 heavy (non-hydrogen) atoms. The van der Waals surface area contributed by atoms with Crippen molar-refractivity contribution in [1.29, 1.82) is 0 Å². The van der Waals surface area contributed by atoms with Crippen LogP contribution in [0.25, 0.3) is 11.4 Å². The predicted molar refractivity (Wildman–Crippen MR) is 97.6 cm³/mol. The quantitative estimate of drug-likeness (QED) is 0.704. The third-order valence-electron chi connectivity index (χ3n) is 4.06. The van der Waals surface area contributed by atoms with Crippen molar-refractivity contribution in [2.24, 2.45) is 0 Å². The first-order valence-electron chi connectivity index (χ1n) is 8.47. The molecule has 134 valence electrons. The predicted octanol–water partition coefficient (Wildman–Crippen LogP) is 3.56. The summed E-state index contributed by atoms with van der Waals surface area (Å²) in [4.78, 5) is 16.5. The van der Waals surface area contributed by atoms with Crippen molar-refractivity contribution in [2.45, 2.75) is 25.8 Å². The number of aromatic nitrogens is 2. The normalized spacial score (nSPS) is 11.8. The second-order valence-electron chi connectivity index (χ2n) is 5.94. The van der Waals surface area contributed by atoms with E-state index in [4.69, 9.17) is 9.26 Å². The van der Waals surface area contributed by atoms with Gasteiger partial charge in [-0.25, -0.2) is 0 Å². The van der Waals surface area contributed by atoms with Gasteiger partial charge < -0.3 is 14.6 Å². The Hall–Kier alpha value is -3.15. The minimum atomic E-state index is -0.0504. The third kappa shape index (κ3) is 4.47. The van der Waals surface area contributed by atoms with Gasteiger partial charge in [0.25, 0.3) is 0 Å². The Morgan fingerprint density at radius 3 is 2.58 bits per heavy atom. The molecule has 3 aromatic rings. The number of carbonyl (C=O) groups excluding carboxylic acids is 1. The highest BCUT2D eigenvalue weighted by atomic mass is 16.5. The number of aryl methyl sites for hydroxylation is 1. The maximum atomic E-state index is 12.1. The Morgan fingerprint density at radius 1 is 1.15 bits per heavy atom. The minimum Gasteiger partial charge on any atom is -0.497 e. The van der Waals surface area contributed by atoms with E-state index in [1.807, 2.05) is 61.5 Å². The summed E-state index contributed by atoms with van der Waals surface area (Å²) in [6.07, 6.45) is 0.692. The van der Waals surface area contributed by atoms with Gasteiger partial charge in [0.2, 0.25) is 17.6 Å². The number of amides is 1. The molecule has 0 spiro atoms. The first kappa shape index (κ1) is 17.7. The highest BCUT2D eigenvalue weighted by molar-refractivity contribution is 5.76. The Bertz CT molecular complexity index is 844. The summed E-state index contributed by atoms with van der Waals surface area (Å²) < 4.78 is 10.4. The third-order valence-corrected chi connectivity index (χ3v) is 4.06. The van der Waals surface area contributed by atoms with Gasteiger partial charge in [-0.3, -0.25) is 4.79 Å². The van der Waals surface area contributed by atoms with E-state index < -0.39 is 0 Å². The average molecular weight is 351 g/mol. The number of benzene rings is 2. The lowest BCUT2D eigenvalue weighted by molar-refractivity contribution is -0.121. The number of methoxy groups -OCH3 is 1. The van der Waals surface area contributed by atoms with E-state index in [0.717, 1.165) is 16.9 Å². The van der Waals surface area contributed by atoms with Crippen molar-refractivity contribution in [3.8, 4) is 17.1 Å². The van der Waals surface area contributed by atoms with Crippen LogP contribution < -0.4 is 10.1 Å². The highest BCUT2D eigenvalue weighted by Gasteiger charge is 2.13. The molecular weight excluding hydrogens is 330 g/mol. The van der Waals surface area contributed by atoms with Crippen LogP contribution in [0.1, 0.15) is 30.8 Å². The zero-order valence-corrected chi connectivity index (χ0v) is 14.8. The van der Waals surface area contributed by atoms with Crippen LogP contribution in [0.5, 0.6) is 5.75 Å². The van der Waals surface area contributed by atoms with Gasteiger partial charge in [-0.2, -0.15) is 4.98 Å². The maximum Gasteiger partial charge on any atom is 0.227 e. The van der Waals surface area contributed by atoms with Crippen LogP contribution in [0.3, 0.4) is 0 Å². The molecule has 2 aromatic carbocycles. The Kier molecular flexibility index (Phi) is 5.63. The van der Waals surface area contributed by atoms with Crippen LogP contribution in [-0.2, 0) is 11.2 Å². The van der Waals surface area contributed by atoms with Gasteiger partial charge >= 0.3 is 0 Å². The molecule has 1 N–H and O–H groups in total. The van der Waals surface area contributed by atoms with Crippen molar-refractivity contribution >= 4 is 5.91 Å². The number of hydrogen-bond donors (Lipinski definition) is 1. The second-order valence-corrected chi connectivity index (χ2v) is 5.94. The molecule has 6 heteroatoms. The standard InChI is InChI=1S/C20H21N3O3/c1-14(15-6-4-3-5-7-15)21-18(24)12-13-19-22-20(23-26-19)16-8-10-17(25-2)11-9-16/h3-11,14H,12-13H2,1-2H3,(H,21,24). The van der Waals surface area contributed by atoms with Crippen LogP contribution in [0, 0.1) is 0 Å². The Labute approximate surface area is 152 Å². The summed E-state index contributed by atoms with van der Waals surface area (Å²) in [5, 5.41) is 6.94. The molecule has 0 aliphatic rings. The molecule has 1 atom stereocenters. The average Bonchev–Trinajstić information content (AvgIpc) is 3.16. The van der Waals surface area contributed by atoms with Crippen molar-refractivity contribution < 1.29 is 14.1 Å². The molecule has 0 aliphatic carbocycles. The van der Waals surface area contributed by atoms with E-state index in [9.17, 15) is 4.79 Å². The van der Waals surface area contributed by atoms with Crippen molar-refractivity contribution in [1.82, 2.24) is 15.5 Å². The lowest BCUT2D eigenvalue weighted by Gasteiger charge is -2.13. The molecular formula is C20H21N3O3. The van der Waals surface area contributed by atoms with Gasteiger partial charge in [0.1, 0.15) is 5.75 Å². The molecule has 3 rings (SSSR count). The minimum absolute atomic E-state index is 0.0405. The SMILES string of the molecule is COc1ccc(-c2noc(CCC(=O)NC(C)c3ccccc3)n2)cc1. The molecule has 1 aromatic heterocycles. The topological polar surface area (TPSA) is 77.2 Å². The van der Waals surface area contributed by atoms with Crippen LogP contribution in [0.15, 0.2) is 59.1 Å². The van der Waals surface area contributed by atoms with Crippen molar-refractivity contribution in [2.75, 3.05) is 7.11 Å². The highest BCUT2D eigenvalue weighted by Crippen LogP contribution is 2.20. The lowest BCUT2D eigenvalue weighted by atomic mass is 10.1. The number of nitrogens with zero attached hydrogens (tertiary/aromatic N) is 2. The number of carbonyl (C=O) groups is 1. The molecule has 1 amide bonds. The maximum absolute atomic E-state index is 12.1. The Balaban J connectivity index is 1.53. The Morgan fingerprint density at radius 2 is 1.88 bits per heavy atom. The molecule has 0 saturated carbocycles. The molecule has 0 bridgehead atoms. The zero-order chi connectivity index (χ0) is 18.4. The van der Waals surface area contributed by atoms with Crippen LogP contribution in [0.2, 0.25) is 0 Å². The summed E-state index contributed by atoms with van der Waals surface area (Å²) in [6, 6.07) is 17.2. The summed E-state index contributed by atoms with van der Waals surface area (Å²) in [5.74, 6) is 1.66. The van der Waals surface area contributed by atoms with E-state index in [1.165, 1.54) is 0 Å². The van der Waals surface area contributed by atoms with Crippen LogP contribution in [-0.4, -0.2) is 23.2 Å². The van der Waals surface area contributed by atoms with Gasteiger partial charge in [0, 0.05) is 18.4 Å². The molecule has 6 nitrogen and oxygen atoms in total. The largest absolute Gasteiger partial charge is 0.497 e. The molecule has 1 unspecified atom stereocenters. The van der Waals surface area contributed by atoms with Gasteiger partial charge in [-0.15, -0.1) is 0 Å². The first-order valence-corrected chi connectivity index (χ1v) is 8.47. The number of hydrogen-bond acceptors (Lipinski definition) is 5. The first-order chi connectivity index (χ1) is 12.7. The summed E-state index contributed by atoms with van der Waals surface area (Å²) in [5.41, 5.74) is 1.91. The number of nitrogens with one attached hydrogen (secondary N) is 1. The molecule has 0 aliphatic heterocycles. The smallest absolute Gasteiger partial charge is 0.227 e. The van der Waals surface area contributed by atoms with Gasteiger partial charge in [0.05, 0.1) is 13.2 Å². The summed E-state index contributed by atoms with van der Waals surface area (Å²) >= 11 is 0. The fourth-order valence-electron chi connectivity index (χ4n) is 2.57. The molecule has 0 saturated heterocycles. The van der Waals surface area contributed by atoms with E-state index in [0.29, 0.717) is 24.6 Å². The van der Waals surface area contributed by atoms with E-state index in [1.54, 1.807) is 7.11 Å². The monoisotopic (exact) mass is 351 g/mol. The van der Waals surface area contributed by atoms with Gasteiger partial charge in [-0.1, -0.05) is 35.5 Å². The second kappa shape index (κ2) is 8.29. The zero-order valence-electron chi connectivity index (χ0n) is 14.8. The fourth-order valence-corrected chi connectivity index (χ4v) is 2.57. The van der Waals surface area contributed by atoms with E-state index in [2.05, 4.69) is 15.5 Å². The molecule has 1 heterocycles. The molecule has 0 fully saturated rings. The number of rotatable bonds is 7. The van der Waals surface area contributed by atoms with Gasteiger partial charge in [-0.05, 0) is 36.8 Å². The fraction of sp³-hybridized carbons (Fsp3) is 0.250. The van der Waals surface area contributed by atoms with E-state index >= 15 is 0 Å². The van der Waals surface area contributed by atoms with Crippen LogP contribution in [0.4, 0.5) is 0 Å². The summed E-state index contributed by atoms with van der Waals surface area (Å²) in [6.45, 7) is 1.96. The van der Waals surface area contributed by atoms with Crippen molar-refractivity contribution in [3.63, 3.8) is 0 Å².